The number of hydrogen-bond acceptors (Lipinski definition) is 5. The molecule has 1 N–H and O–H groups in total. The van der Waals surface area contributed by atoms with Crippen molar-refractivity contribution < 1.29 is 14.5 Å². The molecular formula is C17H20N4O4. The molecule has 1 amide bonds. The van der Waals surface area contributed by atoms with Gasteiger partial charge in [-0.1, -0.05) is 12.8 Å². The zero-order valence-electron chi connectivity index (χ0n) is 14.0. The zero-order chi connectivity index (χ0) is 17.8. The SMILES string of the molecule is Cc1cc(OCC(=O)Nc2ccnn2C2CCCC2)ccc1[N+](=O)[O-]. The normalized spacial score (nSPS) is 14.4. The molecule has 2 aromatic rings. The van der Waals surface area contributed by atoms with Gasteiger partial charge in [0.2, 0.25) is 0 Å². The van der Waals surface area contributed by atoms with Gasteiger partial charge in [0.25, 0.3) is 11.6 Å². The van der Waals surface area contributed by atoms with Gasteiger partial charge in [-0.15, -0.1) is 0 Å². The molecule has 132 valence electrons. The third kappa shape index (κ3) is 3.96. The lowest BCUT2D eigenvalue weighted by Crippen LogP contribution is -2.23. The van der Waals surface area contributed by atoms with Crippen molar-refractivity contribution in [2.24, 2.45) is 0 Å². The van der Waals surface area contributed by atoms with Crippen LogP contribution in [0.2, 0.25) is 0 Å². The van der Waals surface area contributed by atoms with E-state index >= 15 is 0 Å². The van der Waals surface area contributed by atoms with E-state index in [1.807, 2.05) is 4.68 Å². The van der Waals surface area contributed by atoms with Crippen molar-refractivity contribution in [3.05, 3.63) is 46.1 Å². The van der Waals surface area contributed by atoms with E-state index in [1.165, 1.54) is 25.0 Å². The number of amides is 1. The van der Waals surface area contributed by atoms with Gasteiger partial charge in [-0.2, -0.15) is 5.10 Å². The molecule has 8 heteroatoms. The number of hydrogen-bond donors (Lipinski definition) is 1. The van der Waals surface area contributed by atoms with Crippen LogP contribution in [0.5, 0.6) is 5.75 Å². The largest absolute Gasteiger partial charge is 0.484 e. The van der Waals surface area contributed by atoms with Crippen molar-refractivity contribution in [3.8, 4) is 5.75 Å². The zero-order valence-corrected chi connectivity index (χ0v) is 14.0. The van der Waals surface area contributed by atoms with Crippen molar-refractivity contribution >= 4 is 17.4 Å². The van der Waals surface area contributed by atoms with Crippen LogP contribution in [-0.4, -0.2) is 27.2 Å². The van der Waals surface area contributed by atoms with Crippen LogP contribution in [0.4, 0.5) is 11.5 Å². The van der Waals surface area contributed by atoms with E-state index in [2.05, 4.69) is 10.4 Å². The predicted octanol–water partition coefficient (Wildman–Crippen LogP) is 3.23. The van der Waals surface area contributed by atoms with Crippen molar-refractivity contribution in [2.75, 3.05) is 11.9 Å². The second kappa shape index (κ2) is 7.33. The average molecular weight is 344 g/mol. The third-order valence-electron chi connectivity index (χ3n) is 4.34. The van der Waals surface area contributed by atoms with E-state index in [4.69, 9.17) is 4.74 Å². The molecule has 0 atom stereocenters. The number of anilines is 1. The highest BCUT2D eigenvalue weighted by Crippen LogP contribution is 2.31. The van der Waals surface area contributed by atoms with E-state index in [0.717, 1.165) is 12.8 Å². The maximum atomic E-state index is 12.1. The second-order valence-electron chi connectivity index (χ2n) is 6.14. The van der Waals surface area contributed by atoms with Crippen molar-refractivity contribution in [1.29, 1.82) is 0 Å². The number of aromatic nitrogens is 2. The fourth-order valence-electron chi connectivity index (χ4n) is 3.10. The van der Waals surface area contributed by atoms with Crippen LogP contribution >= 0.6 is 0 Å². The summed E-state index contributed by atoms with van der Waals surface area (Å²) in [5.74, 6) is 0.790. The van der Waals surface area contributed by atoms with E-state index in [9.17, 15) is 14.9 Å². The maximum absolute atomic E-state index is 12.1. The Hall–Kier alpha value is -2.90. The van der Waals surface area contributed by atoms with Crippen LogP contribution in [0.25, 0.3) is 0 Å². The Kier molecular flexibility index (Phi) is 4.97. The lowest BCUT2D eigenvalue weighted by atomic mass is 10.2. The van der Waals surface area contributed by atoms with Crippen LogP contribution in [-0.2, 0) is 4.79 Å². The fraction of sp³-hybridized carbons (Fsp3) is 0.412. The molecule has 0 aliphatic heterocycles. The molecule has 1 aliphatic carbocycles. The summed E-state index contributed by atoms with van der Waals surface area (Å²) in [4.78, 5) is 22.5. The van der Waals surface area contributed by atoms with E-state index in [-0.39, 0.29) is 18.2 Å². The summed E-state index contributed by atoms with van der Waals surface area (Å²) in [7, 11) is 0. The Labute approximate surface area is 144 Å². The molecule has 3 rings (SSSR count). The second-order valence-corrected chi connectivity index (χ2v) is 6.14. The molecule has 0 bridgehead atoms. The number of nitro groups is 1. The summed E-state index contributed by atoms with van der Waals surface area (Å²) in [6.45, 7) is 1.46. The minimum Gasteiger partial charge on any atom is -0.484 e. The van der Waals surface area contributed by atoms with Gasteiger partial charge in [-0.05, 0) is 31.9 Å². The van der Waals surface area contributed by atoms with Gasteiger partial charge >= 0.3 is 0 Å². The smallest absolute Gasteiger partial charge is 0.272 e. The van der Waals surface area contributed by atoms with Crippen LogP contribution in [0, 0.1) is 17.0 Å². The number of nitrogens with zero attached hydrogens (tertiary/aromatic N) is 3. The number of ether oxygens (including phenoxy) is 1. The van der Waals surface area contributed by atoms with Crippen LogP contribution in [0.3, 0.4) is 0 Å². The number of aryl methyl sites for hydroxylation is 1. The first-order valence-electron chi connectivity index (χ1n) is 8.26. The van der Waals surface area contributed by atoms with Gasteiger partial charge < -0.3 is 10.1 Å². The highest BCUT2D eigenvalue weighted by Gasteiger charge is 2.20. The molecule has 0 unspecified atom stereocenters. The first-order valence-corrected chi connectivity index (χ1v) is 8.26. The molecule has 0 spiro atoms. The lowest BCUT2D eigenvalue weighted by molar-refractivity contribution is -0.385. The van der Waals surface area contributed by atoms with E-state index in [1.54, 1.807) is 25.3 Å². The van der Waals surface area contributed by atoms with Gasteiger partial charge in [0.1, 0.15) is 11.6 Å². The monoisotopic (exact) mass is 344 g/mol. The Morgan fingerprint density at radius 1 is 1.40 bits per heavy atom. The molecule has 1 aromatic heterocycles. The predicted molar refractivity (Wildman–Crippen MR) is 91.7 cm³/mol. The summed E-state index contributed by atoms with van der Waals surface area (Å²) >= 11 is 0. The Balaban J connectivity index is 1.58. The molecule has 0 radical (unpaired) electrons. The quantitative estimate of drug-likeness (QED) is 0.640. The van der Waals surface area contributed by atoms with Gasteiger partial charge in [0.05, 0.1) is 17.2 Å². The average Bonchev–Trinajstić information content (AvgIpc) is 3.23. The van der Waals surface area contributed by atoms with Gasteiger partial charge in [0.15, 0.2) is 6.61 Å². The fourth-order valence-corrected chi connectivity index (χ4v) is 3.10. The number of benzene rings is 1. The van der Waals surface area contributed by atoms with Gasteiger partial charge in [-0.3, -0.25) is 14.9 Å². The molecule has 1 aromatic carbocycles. The first kappa shape index (κ1) is 16.9. The molecular weight excluding hydrogens is 324 g/mol. The molecule has 0 saturated heterocycles. The number of nitrogens with one attached hydrogen (secondary N) is 1. The Morgan fingerprint density at radius 3 is 2.84 bits per heavy atom. The molecule has 1 heterocycles. The summed E-state index contributed by atoms with van der Waals surface area (Å²) in [6, 6.07) is 6.52. The summed E-state index contributed by atoms with van der Waals surface area (Å²) in [6.07, 6.45) is 6.18. The summed E-state index contributed by atoms with van der Waals surface area (Å²) < 4.78 is 7.30. The van der Waals surface area contributed by atoms with Crippen LogP contribution in [0.1, 0.15) is 37.3 Å². The van der Waals surface area contributed by atoms with Crippen molar-refractivity contribution in [1.82, 2.24) is 9.78 Å². The molecule has 1 saturated carbocycles. The molecule has 1 aliphatic rings. The summed E-state index contributed by atoms with van der Waals surface area (Å²) in [5, 5.41) is 17.9. The molecule has 1 fully saturated rings. The standard InChI is InChI=1S/C17H20N4O4/c1-12-10-14(6-7-15(12)21(23)24)25-11-17(22)19-16-8-9-18-20(16)13-4-2-3-5-13/h6-10,13H,2-5,11H2,1H3,(H,19,22). The molecule has 8 nitrogen and oxygen atoms in total. The van der Waals surface area contributed by atoms with Crippen LogP contribution in [0.15, 0.2) is 30.5 Å². The Morgan fingerprint density at radius 2 is 2.16 bits per heavy atom. The number of nitro benzene ring substituents is 1. The number of carbonyl (C=O) groups excluding carboxylic acids is 1. The molecule has 25 heavy (non-hydrogen) atoms. The van der Waals surface area contributed by atoms with Crippen LogP contribution < -0.4 is 10.1 Å². The maximum Gasteiger partial charge on any atom is 0.272 e. The van der Waals surface area contributed by atoms with Gasteiger partial charge in [0, 0.05) is 17.7 Å². The highest BCUT2D eigenvalue weighted by molar-refractivity contribution is 5.91. The van der Waals surface area contributed by atoms with Gasteiger partial charge in [-0.25, -0.2) is 4.68 Å². The van der Waals surface area contributed by atoms with E-state index < -0.39 is 4.92 Å². The topological polar surface area (TPSA) is 99.3 Å². The first-order chi connectivity index (χ1) is 12.0. The number of rotatable bonds is 6. The van der Waals surface area contributed by atoms with Crippen molar-refractivity contribution in [3.63, 3.8) is 0 Å². The van der Waals surface area contributed by atoms with E-state index in [0.29, 0.717) is 23.2 Å². The minimum absolute atomic E-state index is 0.0252. The highest BCUT2D eigenvalue weighted by atomic mass is 16.6. The minimum atomic E-state index is -0.448. The summed E-state index contributed by atoms with van der Waals surface area (Å²) in [5.41, 5.74) is 0.513. The third-order valence-corrected chi connectivity index (χ3v) is 4.34. The lowest BCUT2D eigenvalue weighted by Gasteiger charge is -2.14. The van der Waals surface area contributed by atoms with Crippen molar-refractivity contribution in [2.45, 2.75) is 38.6 Å². The Bertz CT molecular complexity index is 781. The number of carbonyl (C=O) groups is 1.